The highest BCUT2D eigenvalue weighted by atomic mass is 32.1. The van der Waals surface area contributed by atoms with Crippen LogP contribution in [0.1, 0.15) is 28.9 Å². The van der Waals surface area contributed by atoms with Gasteiger partial charge in [-0.2, -0.15) is 0 Å². The van der Waals surface area contributed by atoms with Crippen molar-refractivity contribution in [2.24, 2.45) is 0 Å². The fraction of sp³-hybridized carbons (Fsp3) is 0.389. The number of benzene rings is 1. The van der Waals surface area contributed by atoms with E-state index in [2.05, 4.69) is 10.3 Å². The third-order valence-electron chi connectivity index (χ3n) is 4.26. The lowest BCUT2D eigenvalue weighted by Gasteiger charge is -2.25. The Morgan fingerprint density at radius 3 is 2.71 bits per heavy atom. The number of carbonyl (C=O) groups excluding carboxylic acids is 2. The van der Waals surface area contributed by atoms with Crippen LogP contribution >= 0.6 is 11.3 Å². The zero-order chi connectivity index (χ0) is 20.1. The molecular weight excluding hydrogens is 384 g/mol. The van der Waals surface area contributed by atoms with Crippen LogP contribution < -0.4 is 5.32 Å². The summed E-state index contributed by atoms with van der Waals surface area (Å²) >= 11 is 1.31. The van der Waals surface area contributed by atoms with Gasteiger partial charge in [0.1, 0.15) is 6.54 Å². The van der Waals surface area contributed by atoms with Crippen molar-refractivity contribution < 1.29 is 19.2 Å². The summed E-state index contributed by atoms with van der Waals surface area (Å²) in [5, 5.41) is 15.8. The number of rotatable bonds is 7. The van der Waals surface area contributed by atoms with Gasteiger partial charge in [-0.25, -0.2) is 4.98 Å². The molecule has 0 bridgehead atoms. The molecule has 1 atom stereocenters. The number of carbonyl (C=O) groups is 2. The van der Waals surface area contributed by atoms with Gasteiger partial charge in [0.25, 0.3) is 11.6 Å². The predicted octanol–water partition coefficient (Wildman–Crippen LogP) is 2.62. The van der Waals surface area contributed by atoms with Crippen molar-refractivity contribution in [3.05, 3.63) is 51.0 Å². The molecule has 10 heteroatoms. The quantitative estimate of drug-likeness (QED) is 0.560. The summed E-state index contributed by atoms with van der Waals surface area (Å²) in [6, 6.07) is 5.34. The average Bonchev–Trinajstić information content (AvgIpc) is 3.32. The molecule has 0 saturated carbocycles. The van der Waals surface area contributed by atoms with Crippen molar-refractivity contribution in [2.75, 3.05) is 25.0 Å². The van der Waals surface area contributed by atoms with Crippen LogP contribution in [-0.2, 0) is 9.53 Å². The SMILES string of the molecule is Cc1csc(NC(=O)CN(C[C@H]2CCCO2)C(=O)c2ccc([N+](=O)[O-])cc2)n1. The fourth-order valence-corrected chi connectivity index (χ4v) is 3.61. The molecule has 1 aromatic heterocycles. The summed E-state index contributed by atoms with van der Waals surface area (Å²) in [6.45, 7) is 2.58. The molecule has 3 rings (SSSR count). The number of anilines is 1. The van der Waals surface area contributed by atoms with Crippen LogP contribution in [0.5, 0.6) is 0 Å². The number of nitrogens with one attached hydrogen (secondary N) is 1. The van der Waals surface area contributed by atoms with Gasteiger partial charge in [0.15, 0.2) is 5.13 Å². The minimum absolute atomic E-state index is 0.0980. The van der Waals surface area contributed by atoms with E-state index in [4.69, 9.17) is 4.74 Å². The number of hydrogen-bond acceptors (Lipinski definition) is 7. The van der Waals surface area contributed by atoms with Gasteiger partial charge in [-0.1, -0.05) is 0 Å². The Balaban J connectivity index is 1.72. The molecule has 28 heavy (non-hydrogen) atoms. The third kappa shape index (κ3) is 5.11. The largest absolute Gasteiger partial charge is 0.376 e. The summed E-state index contributed by atoms with van der Waals surface area (Å²) in [5.74, 6) is -0.738. The molecule has 1 aromatic carbocycles. The Hall–Kier alpha value is -2.85. The average molecular weight is 404 g/mol. The van der Waals surface area contributed by atoms with Crippen LogP contribution in [0.25, 0.3) is 0 Å². The fourth-order valence-electron chi connectivity index (χ4n) is 2.91. The van der Waals surface area contributed by atoms with Crippen LogP contribution in [0.4, 0.5) is 10.8 Å². The maximum Gasteiger partial charge on any atom is 0.269 e. The topological polar surface area (TPSA) is 115 Å². The summed E-state index contributed by atoms with van der Waals surface area (Å²) in [6.07, 6.45) is 1.60. The number of ether oxygens (including phenoxy) is 1. The number of nitro groups is 1. The maximum atomic E-state index is 12.9. The van der Waals surface area contributed by atoms with E-state index in [9.17, 15) is 19.7 Å². The number of amides is 2. The van der Waals surface area contributed by atoms with Gasteiger partial charge in [-0.15, -0.1) is 11.3 Å². The van der Waals surface area contributed by atoms with E-state index in [0.29, 0.717) is 11.7 Å². The molecule has 1 fully saturated rings. The maximum absolute atomic E-state index is 12.9. The van der Waals surface area contributed by atoms with Gasteiger partial charge >= 0.3 is 0 Å². The summed E-state index contributed by atoms with van der Waals surface area (Å²) < 4.78 is 5.60. The van der Waals surface area contributed by atoms with E-state index >= 15 is 0 Å². The third-order valence-corrected chi connectivity index (χ3v) is 5.14. The van der Waals surface area contributed by atoms with Gasteiger partial charge in [0, 0.05) is 36.2 Å². The highest BCUT2D eigenvalue weighted by Crippen LogP contribution is 2.18. The lowest BCUT2D eigenvalue weighted by atomic mass is 10.1. The molecule has 1 saturated heterocycles. The van der Waals surface area contributed by atoms with Crippen LogP contribution in [0.15, 0.2) is 29.6 Å². The lowest BCUT2D eigenvalue weighted by molar-refractivity contribution is -0.384. The molecule has 2 heterocycles. The lowest BCUT2D eigenvalue weighted by Crippen LogP contribution is -2.42. The molecule has 148 valence electrons. The van der Waals surface area contributed by atoms with E-state index in [-0.39, 0.29) is 42.3 Å². The van der Waals surface area contributed by atoms with Crippen LogP contribution in [-0.4, -0.2) is 52.4 Å². The first-order valence-corrected chi connectivity index (χ1v) is 9.67. The van der Waals surface area contributed by atoms with E-state index in [1.807, 2.05) is 12.3 Å². The van der Waals surface area contributed by atoms with Gasteiger partial charge < -0.3 is 15.0 Å². The molecule has 0 radical (unpaired) electrons. The highest BCUT2D eigenvalue weighted by molar-refractivity contribution is 7.13. The molecule has 1 aliphatic heterocycles. The predicted molar refractivity (Wildman–Crippen MR) is 103 cm³/mol. The Labute approximate surface area is 165 Å². The number of thiazole rings is 1. The van der Waals surface area contributed by atoms with Crippen molar-refractivity contribution in [1.29, 1.82) is 0 Å². The second-order valence-corrected chi connectivity index (χ2v) is 7.33. The van der Waals surface area contributed by atoms with E-state index in [1.165, 1.54) is 40.5 Å². The molecule has 1 N–H and O–H groups in total. The van der Waals surface area contributed by atoms with Gasteiger partial charge in [0.05, 0.1) is 16.7 Å². The minimum Gasteiger partial charge on any atom is -0.376 e. The standard InChI is InChI=1S/C18H20N4O5S/c1-12-11-28-18(19-12)20-16(23)10-21(9-15-3-2-8-27-15)17(24)13-4-6-14(7-5-13)22(25)26/h4-7,11,15H,2-3,8-10H2,1H3,(H,19,20,23)/t15-/m1/s1. The monoisotopic (exact) mass is 404 g/mol. The van der Waals surface area contributed by atoms with Gasteiger partial charge in [0.2, 0.25) is 5.91 Å². The Morgan fingerprint density at radius 2 is 2.14 bits per heavy atom. The minimum atomic E-state index is -0.526. The van der Waals surface area contributed by atoms with Crippen molar-refractivity contribution >= 4 is 34.0 Å². The Bertz CT molecular complexity index is 861. The molecule has 0 unspecified atom stereocenters. The molecule has 0 aliphatic carbocycles. The first kappa shape index (κ1) is 19.9. The van der Waals surface area contributed by atoms with E-state index in [1.54, 1.807) is 0 Å². The Kier molecular flexibility index (Phi) is 6.32. The number of aryl methyl sites for hydroxylation is 1. The van der Waals surface area contributed by atoms with Crippen molar-refractivity contribution in [3.63, 3.8) is 0 Å². The molecule has 0 spiro atoms. The van der Waals surface area contributed by atoms with Crippen molar-refractivity contribution in [2.45, 2.75) is 25.9 Å². The number of nitro benzene ring substituents is 1. The molecule has 2 amide bonds. The highest BCUT2D eigenvalue weighted by Gasteiger charge is 2.26. The second-order valence-electron chi connectivity index (χ2n) is 6.47. The van der Waals surface area contributed by atoms with Crippen LogP contribution in [0.3, 0.4) is 0 Å². The normalized spacial score (nSPS) is 16.0. The number of aromatic nitrogens is 1. The first-order chi connectivity index (χ1) is 13.4. The second kappa shape index (κ2) is 8.89. The Morgan fingerprint density at radius 1 is 1.39 bits per heavy atom. The van der Waals surface area contributed by atoms with E-state index < -0.39 is 4.92 Å². The molecule has 2 aromatic rings. The van der Waals surface area contributed by atoms with Crippen molar-refractivity contribution in [1.82, 2.24) is 9.88 Å². The molecule has 1 aliphatic rings. The number of nitrogens with zero attached hydrogens (tertiary/aromatic N) is 3. The molecule has 9 nitrogen and oxygen atoms in total. The van der Waals surface area contributed by atoms with Crippen LogP contribution in [0, 0.1) is 17.0 Å². The summed E-state index contributed by atoms with van der Waals surface area (Å²) in [5.41, 5.74) is 0.985. The first-order valence-electron chi connectivity index (χ1n) is 8.79. The molecular formula is C18H20N4O5S. The summed E-state index contributed by atoms with van der Waals surface area (Å²) in [4.78, 5) is 41.2. The zero-order valence-corrected chi connectivity index (χ0v) is 16.1. The van der Waals surface area contributed by atoms with Crippen LogP contribution in [0.2, 0.25) is 0 Å². The number of non-ortho nitro benzene ring substituents is 1. The van der Waals surface area contributed by atoms with Gasteiger partial charge in [-0.05, 0) is 31.9 Å². The van der Waals surface area contributed by atoms with Crippen molar-refractivity contribution in [3.8, 4) is 0 Å². The zero-order valence-electron chi connectivity index (χ0n) is 15.3. The number of hydrogen-bond donors (Lipinski definition) is 1. The van der Waals surface area contributed by atoms with Gasteiger partial charge in [-0.3, -0.25) is 19.7 Å². The smallest absolute Gasteiger partial charge is 0.269 e. The summed E-state index contributed by atoms with van der Waals surface area (Å²) in [7, 11) is 0. The van der Waals surface area contributed by atoms with E-state index in [0.717, 1.165) is 18.5 Å².